The van der Waals surface area contributed by atoms with Gasteiger partial charge in [0.1, 0.15) is 0 Å². The van der Waals surface area contributed by atoms with Gasteiger partial charge in [0.05, 0.1) is 79.3 Å². The molecule has 446 valence electrons. The molecule has 0 aromatic carbocycles. The quantitative estimate of drug-likeness (QED) is 0.162. The Hall–Kier alpha value is -6.40. The Kier molecular flexibility index (Phi) is 136. The van der Waals surface area contributed by atoms with Gasteiger partial charge in [-0.25, -0.2) is 0 Å². The Morgan fingerprint density at radius 1 is 0.176 bits per heavy atom. The van der Waals surface area contributed by atoms with Gasteiger partial charge in [-0.2, -0.15) is 0 Å². The molecule has 0 fully saturated rings. The van der Waals surface area contributed by atoms with Crippen LogP contribution in [0.4, 0.5) is 0 Å². The number of esters is 12. The molecule has 0 atom stereocenters. The van der Waals surface area contributed by atoms with E-state index in [1.807, 2.05) is 0 Å². The summed E-state index contributed by atoms with van der Waals surface area (Å²) in [5.41, 5.74) is 0. The minimum Gasteiger partial charge on any atom is -0.466 e. The summed E-state index contributed by atoms with van der Waals surface area (Å²) >= 11 is 0. The maximum Gasteiger partial charge on any atom is 0.302 e. The second-order valence-electron chi connectivity index (χ2n) is 11.1. The summed E-state index contributed by atoms with van der Waals surface area (Å²) in [4.78, 5) is 118. The minimum absolute atomic E-state index is 0.211. The first-order valence-corrected chi connectivity index (χ1v) is 23.3. The van der Waals surface area contributed by atoms with Crippen molar-refractivity contribution in [2.24, 2.45) is 0 Å². The molecule has 1 N–H and O–H groups in total. The zero-order valence-electron chi connectivity index (χ0n) is 49.7. The van der Waals surface area contributed by atoms with Gasteiger partial charge < -0.3 is 61.9 Å². The third-order valence-electron chi connectivity index (χ3n) is 4.17. The summed E-state index contributed by atoms with van der Waals surface area (Å²) in [6, 6.07) is 0. The predicted molar refractivity (Wildman–Crippen MR) is 276 cm³/mol. The SMILES string of the molecule is CCOC(C)=O.CCOC(C)=O.CCOC(C)=O.CCOC(C)=O.CCOC(C)=O.CCOC(C)=O.CCOC(C)=O.CCOC(C)=O.CCOC(C)=O.CCOC(C)=O.CCOC(C)=O.CCOC(C)=O.CO. The van der Waals surface area contributed by atoms with Crippen molar-refractivity contribution in [1.29, 1.82) is 0 Å². The number of aliphatic hydroxyl groups is 1. The highest BCUT2D eigenvalue weighted by atomic mass is 16.6. The van der Waals surface area contributed by atoms with Gasteiger partial charge in [0.25, 0.3) is 0 Å². The standard InChI is InChI=1S/12C4H8O2.CH4O/c12*1-3-6-4(2)5;1-2/h12*3H2,1-2H3;2H,1H3. The average Bonchev–Trinajstić information content (AvgIpc) is 3.23. The molecular formula is C49H100O25. The summed E-state index contributed by atoms with van der Waals surface area (Å²) in [6.45, 7) is 43.8. The fourth-order valence-corrected chi connectivity index (χ4v) is 2.44. The smallest absolute Gasteiger partial charge is 0.302 e. The number of ether oxygens (including phenoxy) is 12. The molecule has 0 aromatic rings. The van der Waals surface area contributed by atoms with Gasteiger partial charge in [-0.1, -0.05) is 0 Å². The van der Waals surface area contributed by atoms with E-state index in [1.165, 1.54) is 83.1 Å². The van der Waals surface area contributed by atoms with Crippen LogP contribution >= 0.6 is 0 Å². The number of hydrogen-bond donors (Lipinski definition) is 1. The van der Waals surface area contributed by atoms with Crippen molar-refractivity contribution in [3.05, 3.63) is 0 Å². The Morgan fingerprint density at radius 3 is 0.216 bits per heavy atom. The number of hydrogen-bond acceptors (Lipinski definition) is 25. The van der Waals surface area contributed by atoms with E-state index in [2.05, 4.69) is 56.8 Å². The van der Waals surface area contributed by atoms with Crippen molar-refractivity contribution in [3.63, 3.8) is 0 Å². The number of aliphatic hydroxyl groups excluding tert-OH is 1. The third-order valence-corrected chi connectivity index (χ3v) is 4.17. The molecule has 0 saturated heterocycles. The van der Waals surface area contributed by atoms with Crippen molar-refractivity contribution in [2.75, 3.05) is 86.4 Å². The molecule has 0 saturated carbocycles. The Labute approximate surface area is 442 Å². The molecule has 0 heterocycles. The third kappa shape index (κ3) is 312. The monoisotopic (exact) mass is 1090 g/mol. The number of carbonyl (C=O) groups is 12. The van der Waals surface area contributed by atoms with Gasteiger partial charge in [0.2, 0.25) is 0 Å². The molecular weight excluding hydrogens is 989 g/mol. The van der Waals surface area contributed by atoms with Crippen LogP contribution in [0.3, 0.4) is 0 Å². The van der Waals surface area contributed by atoms with Crippen molar-refractivity contribution < 1.29 is 119 Å². The minimum atomic E-state index is -0.211. The van der Waals surface area contributed by atoms with Gasteiger partial charge in [0, 0.05) is 90.2 Å². The Bertz CT molecular complexity index is 940. The topological polar surface area (TPSA) is 336 Å². The van der Waals surface area contributed by atoms with Crippen molar-refractivity contribution >= 4 is 71.6 Å². The van der Waals surface area contributed by atoms with E-state index in [0.29, 0.717) is 79.3 Å². The molecule has 25 nitrogen and oxygen atoms in total. The van der Waals surface area contributed by atoms with Crippen LogP contribution in [0.1, 0.15) is 166 Å². The second kappa shape index (κ2) is 99.8. The van der Waals surface area contributed by atoms with Gasteiger partial charge in [-0.05, 0) is 83.1 Å². The van der Waals surface area contributed by atoms with Crippen molar-refractivity contribution in [2.45, 2.75) is 166 Å². The molecule has 0 spiro atoms. The zero-order chi connectivity index (χ0) is 61.9. The first-order valence-electron chi connectivity index (χ1n) is 23.3. The molecule has 74 heavy (non-hydrogen) atoms. The fourth-order valence-electron chi connectivity index (χ4n) is 2.44. The van der Waals surface area contributed by atoms with E-state index in [9.17, 15) is 57.5 Å². The fraction of sp³-hybridized carbons (Fsp3) is 0.755. The maximum atomic E-state index is 9.82. The average molecular weight is 1090 g/mol. The summed E-state index contributed by atoms with van der Waals surface area (Å²) in [5.74, 6) is -2.53. The van der Waals surface area contributed by atoms with Crippen LogP contribution in [-0.2, 0) is 114 Å². The highest BCUT2D eigenvalue weighted by Crippen LogP contribution is 1.75. The normalized spacial score (nSPS) is 7.54. The summed E-state index contributed by atoms with van der Waals surface area (Å²) < 4.78 is 52.8. The molecule has 0 radical (unpaired) electrons. The van der Waals surface area contributed by atoms with Crippen LogP contribution in [0.15, 0.2) is 0 Å². The van der Waals surface area contributed by atoms with Gasteiger partial charge >= 0.3 is 71.6 Å². The lowest BCUT2D eigenvalue weighted by atomic mass is 10.8. The highest BCUT2D eigenvalue weighted by molar-refractivity contribution is 5.68. The molecule has 0 aliphatic rings. The van der Waals surface area contributed by atoms with E-state index in [4.69, 9.17) is 5.11 Å². The molecule has 0 aromatic heterocycles. The van der Waals surface area contributed by atoms with E-state index < -0.39 is 0 Å². The first-order chi connectivity index (χ1) is 34.2. The van der Waals surface area contributed by atoms with Crippen LogP contribution in [0.25, 0.3) is 0 Å². The predicted octanol–water partition coefficient (Wildman–Crippen LogP) is 6.44. The highest BCUT2D eigenvalue weighted by Gasteiger charge is 1.87. The maximum absolute atomic E-state index is 9.82. The molecule has 0 aliphatic carbocycles. The van der Waals surface area contributed by atoms with Crippen LogP contribution in [0.5, 0.6) is 0 Å². The lowest BCUT2D eigenvalue weighted by molar-refractivity contribution is -0.141. The first kappa shape index (κ1) is 101. The molecule has 0 rings (SSSR count). The Morgan fingerprint density at radius 2 is 0.216 bits per heavy atom. The largest absolute Gasteiger partial charge is 0.466 e. The van der Waals surface area contributed by atoms with Gasteiger partial charge in [-0.15, -0.1) is 0 Å². The van der Waals surface area contributed by atoms with Gasteiger partial charge in [-0.3, -0.25) is 57.5 Å². The van der Waals surface area contributed by atoms with E-state index >= 15 is 0 Å². The molecule has 0 amide bonds. The van der Waals surface area contributed by atoms with Crippen LogP contribution in [0, 0.1) is 0 Å². The van der Waals surface area contributed by atoms with Crippen LogP contribution in [0.2, 0.25) is 0 Å². The second-order valence-corrected chi connectivity index (χ2v) is 11.1. The zero-order valence-corrected chi connectivity index (χ0v) is 49.7. The molecule has 0 aliphatic heterocycles. The number of carbonyl (C=O) groups excluding carboxylic acids is 12. The lowest BCUT2D eigenvalue weighted by Gasteiger charge is -1.89. The van der Waals surface area contributed by atoms with Crippen LogP contribution < -0.4 is 0 Å². The lowest BCUT2D eigenvalue weighted by Crippen LogP contribution is -1.95. The van der Waals surface area contributed by atoms with Crippen molar-refractivity contribution in [1.82, 2.24) is 0 Å². The molecule has 0 unspecified atom stereocenters. The summed E-state index contributed by atoms with van der Waals surface area (Å²) in [7, 11) is 1.00. The molecule has 0 bridgehead atoms. The Balaban J connectivity index is -0.0000000497. The van der Waals surface area contributed by atoms with E-state index in [1.54, 1.807) is 83.1 Å². The number of rotatable bonds is 12. The summed E-state index contributed by atoms with van der Waals surface area (Å²) in [6.07, 6.45) is 0. The van der Waals surface area contributed by atoms with Gasteiger partial charge in [0.15, 0.2) is 0 Å². The summed E-state index contributed by atoms with van der Waals surface area (Å²) in [5, 5.41) is 7.00. The van der Waals surface area contributed by atoms with E-state index in [-0.39, 0.29) is 71.6 Å². The molecule has 25 heteroatoms. The van der Waals surface area contributed by atoms with Crippen molar-refractivity contribution in [3.8, 4) is 0 Å². The van der Waals surface area contributed by atoms with E-state index in [0.717, 1.165) is 7.11 Å². The van der Waals surface area contributed by atoms with Crippen LogP contribution in [-0.4, -0.2) is 163 Å².